The van der Waals surface area contributed by atoms with Gasteiger partial charge in [0.15, 0.2) is 17.3 Å². The van der Waals surface area contributed by atoms with Gasteiger partial charge in [-0.3, -0.25) is 19.5 Å². The summed E-state index contributed by atoms with van der Waals surface area (Å²) in [7, 11) is 0. The van der Waals surface area contributed by atoms with Gasteiger partial charge in [-0.1, -0.05) is 30.3 Å². The summed E-state index contributed by atoms with van der Waals surface area (Å²) >= 11 is 0. The molecule has 2 N–H and O–H groups in total. The zero-order valence-electron chi connectivity index (χ0n) is 25.0. The van der Waals surface area contributed by atoms with Crippen molar-refractivity contribution in [3.63, 3.8) is 0 Å². The van der Waals surface area contributed by atoms with E-state index in [1.807, 2.05) is 30.3 Å². The molecule has 1 atom stereocenters. The Bertz CT molecular complexity index is 1740. The smallest absolute Gasteiger partial charge is 0.414 e. The average molecular weight is 649 g/mol. The lowest BCUT2D eigenvalue weighted by Gasteiger charge is -2.36. The molecule has 0 bridgehead atoms. The van der Waals surface area contributed by atoms with Gasteiger partial charge in [0, 0.05) is 56.9 Å². The molecule has 16 heteroatoms. The number of ether oxygens (including phenoxy) is 2. The van der Waals surface area contributed by atoms with Gasteiger partial charge >= 0.3 is 12.2 Å². The Hall–Kier alpha value is -5.80. The molecule has 2 aromatic heterocycles. The minimum absolute atomic E-state index is 0.0330. The summed E-state index contributed by atoms with van der Waals surface area (Å²) < 4.78 is 42.6. The Morgan fingerprint density at radius 3 is 2.49 bits per heavy atom. The van der Waals surface area contributed by atoms with Crippen LogP contribution in [0, 0.1) is 11.6 Å². The summed E-state index contributed by atoms with van der Waals surface area (Å²) in [5, 5.41) is 5.08. The van der Waals surface area contributed by atoms with Gasteiger partial charge in [0.05, 0.1) is 31.5 Å². The first-order valence-electron chi connectivity index (χ1n) is 14.8. The highest BCUT2D eigenvalue weighted by atomic mass is 19.1. The number of benzene rings is 2. The van der Waals surface area contributed by atoms with Crippen LogP contribution in [0.25, 0.3) is 5.65 Å². The molecule has 4 aromatic rings. The number of nitrogens with zero attached hydrogens (tertiary/aromatic N) is 6. The number of imidazole rings is 1. The van der Waals surface area contributed by atoms with Gasteiger partial charge in [0.25, 0.3) is 5.91 Å². The molecular formula is C31H30F2N8O6. The highest BCUT2D eigenvalue weighted by Crippen LogP contribution is 2.31. The maximum Gasteiger partial charge on any atom is 0.414 e. The third kappa shape index (κ3) is 7.21. The molecule has 0 spiro atoms. The molecule has 6 rings (SSSR count). The number of carbonyl (C=O) groups excluding carboxylic acids is 4. The predicted molar refractivity (Wildman–Crippen MR) is 163 cm³/mol. The third-order valence-electron chi connectivity index (χ3n) is 7.72. The number of aromatic nitrogens is 3. The molecule has 4 amide bonds. The molecule has 2 saturated heterocycles. The molecule has 244 valence electrons. The summed E-state index contributed by atoms with van der Waals surface area (Å²) in [6.45, 7) is 0.358. The van der Waals surface area contributed by atoms with Crippen LogP contribution in [-0.4, -0.2) is 95.2 Å². The molecule has 2 aromatic carbocycles. The molecule has 0 unspecified atom stereocenters. The maximum absolute atomic E-state index is 15.3. The minimum Gasteiger partial charge on any atom is -0.445 e. The standard InChI is InChI=1S/C31H30F2N8O6/c32-23-12-21(41-17-22(47-31(41)45)14-36-30(44)46-19-20-4-2-1-3-5-20)13-24(33)28(23)39-10-8-38(9-11-39)27(42)16-35-29(43)25-18-40-7-6-34-15-26(40)37-25/h1-7,12-13,15,18,22H,8-11,14,16-17,19H2,(H,35,43)(H,36,44)/t22-/m0/s1. The summed E-state index contributed by atoms with van der Waals surface area (Å²) in [6.07, 6.45) is 3.97. The monoisotopic (exact) mass is 648 g/mol. The first kappa shape index (κ1) is 31.2. The van der Waals surface area contributed by atoms with E-state index in [-0.39, 0.29) is 75.4 Å². The number of piperazine rings is 1. The molecule has 4 heterocycles. The Labute approximate surface area is 266 Å². The number of rotatable bonds is 9. The van der Waals surface area contributed by atoms with E-state index in [4.69, 9.17) is 9.47 Å². The van der Waals surface area contributed by atoms with Gasteiger partial charge < -0.3 is 34.3 Å². The predicted octanol–water partition coefficient (Wildman–Crippen LogP) is 2.34. The lowest BCUT2D eigenvalue weighted by atomic mass is 10.2. The van der Waals surface area contributed by atoms with E-state index in [0.29, 0.717) is 5.65 Å². The average Bonchev–Trinajstić information content (AvgIpc) is 3.69. The van der Waals surface area contributed by atoms with E-state index >= 15 is 8.78 Å². The van der Waals surface area contributed by atoms with E-state index in [2.05, 4.69) is 20.6 Å². The van der Waals surface area contributed by atoms with Crippen molar-refractivity contribution in [3.8, 4) is 0 Å². The van der Waals surface area contributed by atoms with Crippen molar-refractivity contribution < 1.29 is 37.4 Å². The van der Waals surface area contributed by atoms with Crippen LogP contribution in [0.5, 0.6) is 0 Å². The van der Waals surface area contributed by atoms with Gasteiger partial charge in [-0.05, 0) is 5.56 Å². The molecule has 2 fully saturated rings. The van der Waals surface area contributed by atoms with Gasteiger partial charge in [-0.25, -0.2) is 23.4 Å². The summed E-state index contributed by atoms with van der Waals surface area (Å²) in [6, 6.07) is 11.2. The number of amides is 4. The number of nitrogens with one attached hydrogen (secondary N) is 2. The van der Waals surface area contributed by atoms with Crippen LogP contribution < -0.4 is 20.4 Å². The molecule has 2 aliphatic rings. The third-order valence-corrected chi connectivity index (χ3v) is 7.72. The topological polar surface area (TPSA) is 151 Å². The van der Waals surface area contributed by atoms with Gasteiger partial charge in [-0.15, -0.1) is 0 Å². The zero-order valence-corrected chi connectivity index (χ0v) is 25.0. The molecule has 14 nitrogen and oxygen atoms in total. The number of alkyl carbamates (subject to hydrolysis) is 1. The van der Waals surface area contributed by atoms with Crippen LogP contribution in [0.1, 0.15) is 16.1 Å². The van der Waals surface area contributed by atoms with Crippen molar-refractivity contribution in [1.82, 2.24) is 29.9 Å². The molecule has 0 radical (unpaired) electrons. The van der Waals surface area contributed by atoms with E-state index in [1.54, 1.807) is 16.8 Å². The highest BCUT2D eigenvalue weighted by molar-refractivity contribution is 5.95. The lowest BCUT2D eigenvalue weighted by Crippen LogP contribution is -2.51. The largest absolute Gasteiger partial charge is 0.445 e. The molecule has 0 saturated carbocycles. The second-order valence-electron chi connectivity index (χ2n) is 10.8. The summed E-state index contributed by atoms with van der Waals surface area (Å²) in [5.41, 5.74) is 1.13. The quantitative estimate of drug-likeness (QED) is 0.279. The number of hydrogen-bond donors (Lipinski definition) is 2. The molecule has 47 heavy (non-hydrogen) atoms. The van der Waals surface area contributed by atoms with E-state index < -0.39 is 35.8 Å². The van der Waals surface area contributed by atoms with Crippen molar-refractivity contribution >= 4 is 41.0 Å². The first-order chi connectivity index (χ1) is 22.7. The number of cyclic esters (lactones) is 1. The fourth-order valence-electron chi connectivity index (χ4n) is 5.31. The van der Waals surface area contributed by atoms with Crippen LogP contribution >= 0.6 is 0 Å². The Morgan fingerprint density at radius 2 is 1.77 bits per heavy atom. The van der Waals surface area contributed by atoms with Crippen LogP contribution in [0.3, 0.4) is 0 Å². The highest BCUT2D eigenvalue weighted by Gasteiger charge is 2.34. The van der Waals surface area contributed by atoms with E-state index in [0.717, 1.165) is 22.6 Å². The van der Waals surface area contributed by atoms with Crippen molar-refractivity contribution in [3.05, 3.63) is 90.1 Å². The lowest BCUT2D eigenvalue weighted by molar-refractivity contribution is -0.130. The van der Waals surface area contributed by atoms with Gasteiger partial charge in [0.1, 0.15) is 24.1 Å². The van der Waals surface area contributed by atoms with Crippen molar-refractivity contribution in [1.29, 1.82) is 0 Å². The van der Waals surface area contributed by atoms with Gasteiger partial charge in [0.2, 0.25) is 5.91 Å². The number of halogens is 2. The van der Waals surface area contributed by atoms with Crippen LogP contribution in [-0.2, 0) is 20.9 Å². The Kier molecular flexibility index (Phi) is 9.08. The SMILES string of the molecule is O=C(NC[C@H]1CN(c2cc(F)c(N3CCN(C(=O)CNC(=O)c4cn5ccncc5n4)CC3)c(F)c2)C(=O)O1)OCc1ccccc1. The molecular weight excluding hydrogens is 618 g/mol. The van der Waals surface area contributed by atoms with E-state index in [9.17, 15) is 19.2 Å². The van der Waals surface area contributed by atoms with E-state index in [1.165, 1.54) is 22.2 Å². The molecule has 2 aliphatic heterocycles. The molecule has 0 aliphatic carbocycles. The minimum atomic E-state index is -0.881. The Balaban J connectivity index is 0.977. The maximum atomic E-state index is 15.3. The normalized spacial score (nSPS) is 16.3. The van der Waals surface area contributed by atoms with Crippen molar-refractivity contribution in [2.75, 3.05) is 55.6 Å². The number of carbonyl (C=O) groups is 4. The van der Waals surface area contributed by atoms with Crippen LogP contribution in [0.2, 0.25) is 0 Å². The van der Waals surface area contributed by atoms with Crippen molar-refractivity contribution in [2.45, 2.75) is 12.7 Å². The van der Waals surface area contributed by atoms with Crippen molar-refractivity contribution in [2.24, 2.45) is 0 Å². The number of fused-ring (bicyclic) bond motifs is 1. The fourth-order valence-corrected chi connectivity index (χ4v) is 5.31. The second kappa shape index (κ2) is 13.7. The Morgan fingerprint density at radius 1 is 1.02 bits per heavy atom. The first-order valence-corrected chi connectivity index (χ1v) is 14.8. The fraction of sp³-hybridized carbons (Fsp3) is 0.290. The van der Waals surface area contributed by atoms with Crippen LogP contribution in [0.4, 0.5) is 29.7 Å². The zero-order chi connectivity index (χ0) is 32.9. The summed E-state index contributed by atoms with van der Waals surface area (Å²) in [4.78, 5) is 62.0. The number of anilines is 2. The van der Waals surface area contributed by atoms with Gasteiger partial charge in [-0.2, -0.15) is 0 Å². The van der Waals surface area contributed by atoms with Crippen LogP contribution in [0.15, 0.2) is 67.3 Å². The second-order valence-corrected chi connectivity index (χ2v) is 10.8. The summed E-state index contributed by atoms with van der Waals surface area (Å²) in [5.74, 6) is -2.63. The number of hydrogen-bond acceptors (Lipinski definition) is 9.